The van der Waals surface area contributed by atoms with Gasteiger partial charge in [-0.3, -0.25) is 0 Å². The Bertz CT molecular complexity index is 206. The van der Waals surface area contributed by atoms with Crippen molar-refractivity contribution in [3.63, 3.8) is 0 Å². The van der Waals surface area contributed by atoms with Crippen LogP contribution in [0.3, 0.4) is 0 Å². The summed E-state index contributed by atoms with van der Waals surface area (Å²) < 4.78 is 1.90. The molecule has 0 radical (unpaired) electrons. The van der Waals surface area contributed by atoms with Crippen molar-refractivity contribution in [3.8, 4) is 0 Å². The van der Waals surface area contributed by atoms with Crippen LogP contribution in [-0.4, -0.2) is 21.5 Å². The van der Waals surface area contributed by atoms with E-state index in [-0.39, 0.29) is 0 Å². The van der Waals surface area contributed by atoms with E-state index in [1.165, 1.54) is 5.69 Å². The molecule has 1 aromatic rings. The Labute approximate surface area is 66.4 Å². The molecule has 0 aliphatic rings. The van der Waals surface area contributed by atoms with Crippen molar-refractivity contribution in [2.75, 3.05) is 6.54 Å². The lowest BCUT2D eigenvalue weighted by Gasteiger charge is -2.00. The summed E-state index contributed by atoms with van der Waals surface area (Å²) in [4.78, 5) is 0. The zero-order valence-electron chi connectivity index (χ0n) is 6.82. The fourth-order valence-corrected chi connectivity index (χ4v) is 1.02. The normalized spacial score (nSPS) is 10.4. The zero-order chi connectivity index (χ0) is 8.10. The van der Waals surface area contributed by atoms with Crippen molar-refractivity contribution in [2.24, 2.45) is 5.73 Å². The molecule has 0 amide bonds. The number of aryl methyl sites for hydroxylation is 2. The summed E-state index contributed by atoms with van der Waals surface area (Å²) in [5, 5.41) is 7.73. The average Bonchev–Trinajstić information content (AvgIpc) is 2.47. The van der Waals surface area contributed by atoms with Crippen molar-refractivity contribution < 1.29 is 0 Å². The Morgan fingerprint density at radius 2 is 2.45 bits per heavy atom. The highest BCUT2D eigenvalue weighted by atomic mass is 15.4. The monoisotopic (exact) mass is 154 g/mol. The third-order valence-corrected chi connectivity index (χ3v) is 1.63. The van der Waals surface area contributed by atoms with Crippen LogP contribution in [-0.2, 0) is 13.0 Å². The maximum Gasteiger partial charge on any atom is 0.0725 e. The molecule has 4 nitrogen and oxygen atoms in total. The summed E-state index contributed by atoms with van der Waals surface area (Å²) >= 11 is 0. The smallest absolute Gasteiger partial charge is 0.0725 e. The van der Waals surface area contributed by atoms with Crippen molar-refractivity contribution in [1.29, 1.82) is 0 Å². The van der Waals surface area contributed by atoms with Crippen LogP contribution in [0.25, 0.3) is 0 Å². The molecule has 4 heteroatoms. The van der Waals surface area contributed by atoms with Gasteiger partial charge >= 0.3 is 0 Å². The summed E-state index contributed by atoms with van der Waals surface area (Å²) in [6, 6.07) is 0. The molecule has 62 valence electrons. The molecule has 0 unspecified atom stereocenters. The fourth-order valence-electron chi connectivity index (χ4n) is 1.02. The molecule has 0 aromatic carbocycles. The molecule has 0 spiro atoms. The second-order valence-electron chi connectivity index (χ2n) is 2.43. The minimum atomic E-state index is 0.731. The molecule has 0 aliphatic carbocycles. The fraction of sp³-hybridized carbons (Fsp3) is 0.714. The van der Waals surface area contributed by atoms with Crippen LogP contribution in [0.4, 0.5) is 0 Å². The number of nitrogens with two attached hydrogens (primary N) is 1. The highest BCUT2D eigenvalue weighted by Crippen LogP contribution is 1.99. The molecular formula is C7H14N4. The van der Waals surface area contributed by atoms with Crippen LogP contribution >= 0.6 is 0 Å². The molecule has 0 atom stereocenters. The van der Waals surface area contributed by atoms with Crippen molar-refractivity contribution in [3.05, 3.63) is 11.9 Å². The van der Waals surface area contributed by atoms with Crippen molar-refractivity contribution >= 4 is 0 Å². The molecule has 2 N–H and O–H groups in total. The Balaban J connectivity index is 2.54. The van der Waals surface area contributed by atoms with Gasteiger partial charge in [0.2, 0.25) is 0 Å². The van der Waals surface area contributed by atoms with E-state index in [2.05, 4.69) is 17.2 Å². The maximum atomic E-state index is 5.39. The summed E-state index contributed by atoms with van der Waals surface area (Å²) in [5.41, 5.74) is 6.57. The summed E-state index contributed by atoms with van der Waals surface area (Å²) in [6.07, 6.45) is 3.80. The van der Waals surface area contributed by atoms with E-state index in [1.807, 2.05) is 4.68 Å². The van der Waals surface area contributed by atoms with Gasteiger partial charge in [-0.15, -0.1) is 5.10 Å². The number of rotatable bonds is 4. The topological polar surface area (TPSA) is 56.7 Å². The first-order valence-electron chi connectivity index (χ1n) is 3.96. The zero-order valence-corrected chi connectivity index (χ0v) is 6.82. The Morgan fingerprint density at radius 3 is 3.09 bits per heavy atom. The van der Waals surface area contributed by atoms with Crippen LogP contribution in [0.1, 0.15) is 19.0 Å². The standard InChI is InChI=1S/C7H14N4/c1-2-11-7(4-3-5-8)6-9-10-11/h6H,2-5,8H2,1H3. The van der Waals surface area contributed by atoms with E-state index < -0.39 is 0 Å². The molecule has 11 heavy (non-hydrogen) atoms. The van der Waals surface area contributed by atoms with Gasteiger partial charge in [-0.05, 0) is 26.3 Å². The third kappa shape index (κ3) is 2.01. The van der Waals surface area contributed by atoms with Gasteiger partial charge in [0.25, 0.3) is 0 Å². The predicted molar refractivity (Wildman–Crippen MR) is 43.1 cm³/mol. The molecule has 1 aromatic heterocycles. The first-order chi connectivity index (χ1) is 5.38. The SMILES string of the molecule is CCn1nncc1CCCN. The minimum absolute atomic E-state index is 0.731. The molecule has 0 aliphatic heterocycles. The second kappa shape index (κ2) is 4.08. The highest BCUT2D eigenvalue weighted by Gasteiger charge is 1.99. The molecule has 0 saturated carbocycles. The number of nitrogens with zero attached hydrogens (tertiary/aromatic N) is 3. The lowest BCUT2D eigenvalue weighted by atomic mass is 10.2. The first-order valence-corrected chi connectivity index (χ1v) is 3.96. The lowest BCUT2D eigenvalue weighted by molar-refractivity contribution is 0.590. The predicted octanol–water partition coefficient (Wildman–Crippen LogP) is 0.189. The average molecular weight is 154 g/mol. The Kier molecular flexibility index (Phi) is 3.04. The molecule has 0 saturated heterocycles. The van der Waals surface area contributed by atoms with E-state index >= 15 is 0 Å². The molecule has 0 bridgehead atoms. The van der Waals surface area contributed by atoms with Crippen LogP contribution in [0, 0.1) is 0 Å². The van der Waals surface area contributed by atoms with E-state index in [0.717, 1.165) is 25.9 Å². The number of hydrogen-bond acceptors (Lipinski definition) is 3. The highest BCUT2D eigenvalue weighted by molar-refractivity contribution is 4.93. The van der Waals surface area contributed by atoms with E-state index in [9.17, 15) is 0 Å². The summed E-state index contributed by atoms with van der Waals surface area (Å²) in [5.74, 6) is 0. The van der Waals surface area contributed by atoms with Crippen LogP contribution in [0.15, 0.2) is 6.20 Å². The Hall–Kier alpha value is -0.900. The molecule has 0 fully saturated rings. The number of hydrogen-bond donors (Lipinski definition) is 1. The minimum Gasteiger partial charge on any atom is -0.330 e. The molecule has 1 rings (SSSR count). The van der Waals surface area contributed by atoms with Crippen molar-refractivity contribution in [2.45, 2.75) is 26.3 Å². The van der Waals surface area contributed by atoms with Gasteiger partial charge in [0.05, 0.1) is 11.9 Å². The van der Waals surface area contributed by atoms with Gasteiger partial charge in [0, 0.05) is 6.54 Å². The van der Waals surface area contributed by atoms with Gasteiger partial charge < -0.3 is 5.73 Å². The van der Waals surface area contributed by atoms with Crippen LogP contribution in [0.5, 0.6) is 0 Å². The van der Waals surface area contributed by atoms with Gasteiger partial charge in [0.15, 0.2) is 0 Å². The van der Waals surface area contributed by atoms with E-state index in [0.29, 0.717) is 0 Å². The Morgan fingerprint density at radius 1 is 1.64 bits per heavy atom. The second-order valence-corrected chi connectivity index (χ2v) is 2.43. The van der Waals surface area contributed by atoms with E-state index in [1.54, 1.807) is 6.20 Å². The van der Waals surface area contributed by atoms with Gasteiger partial charge in [-0.25, -0.2) is 4.68 Å². The van der Waals surface area contributed by atoms with Gasteiger partial charge in [0.1, 0.15) is 0 Å². The third-order valence-electron chi connectivity index (χ3n) is 1.63. The van der Waals surface area contributed by atoms with Crippen LogP contribution in [0.2, 0.25) is 0 Å². The van der Waals surface area contributed by atoms with Gasteiger partial charge in [-0.1, -0.05) is 5.21 Å². The van der Waals surface area contributed by atoms with E-state index in [4.69, 9.17) is 5.73 Å². The summed E-state index contributed by atoms with van der Waals surface area (Å²) in [6.45, 7) is 3.68. The summed E-state index contributed by atoms with van der Waals surface area (Å²) in [7, 11) is 0. The number of aromatic nitrogens is 3. The molecular weight excluding hydrogens is 140 g/mol. The quantitative estimate of drug-likeness (QED) is 0.673. The largest absolute Gasteiger partial charge is 0.330 e. The van der Waals surface area contributed by atoms with Crippen LogP contribution < -0.4 is 5.73 Å². The lowest BCUT2D eigenvalue weighted by Crippen LogP contribution is -2.06. The van der Waals surface area contributed by atoms with Crippen molar-refractivity contribution in [1.82, 2.24) is 15.0 Å². The molecule has 1 heterocycles. The maximum absolute atomic E-state index is 5.39. The van der Waals surface area contributed by atoms with Gasteiger partial charge in [-0.2, -0.15) is 0 Å². The first kappa shape index (κ1) is 8.20.